The second kappa shape index (κ2) is 6.78. The molecule has 124 valence electrons. The molecule has 0 fully saturated rings. The molecule has 0 aliphatic heterocycles. The summed E-state index contributed by atoms with van der Waals surface area (Å²) in [5.41, 5.74) is 3.40. The summed E-state index contributed by atoms with van der Waals surface area (Å²) < 4.78 is 0. The minimum Gasteiger partial charge on any atom is -0.350 e. The number of halogens is 1. The molecule has 0 saturated carbocycles. The van der Waals surface area contributed by atoms with Gasteiger partial charge in [0.1, 0.15) is 5.52 Å². The van der Waals surface area contributed by atoms with Crippen molar-refractivity contribution in [2.75, 3.05) is 10.6 Å². The van der Waals surface area contributed by atoms with Crippen LogP contribution in [-0.4, -0.2) is 19.9 Å². The van der Waals surface area contributed by atoms with E-state index in [0.717, 1.165) is 16.8 Å². The van der Waals surface area contributed by atoms with E-state index in [0.29, 0.717) is 29.0 Å². The van der Waals surface area contributed by atoms with Gasteiger partial charge in [-0.25, -0.2) is 4.98 Å². The smallest absolute Gasteiger partial charge is 0.227 e. The van der Waals surface area contributed by atoms with E-state index >= 15 is 0 Å². The quantitative estimate of drug-likeness (QED) is 0.498. The maximum atomic E-state index is 5.91. The molecule has 0 atom stereocenters. The van der Waals surface area contributed by atoms with Gasteiger partial charge in [-0.1, -0.05) is 41.9 Å². The number of hydrogen-bond donors (Lipinski definition) is 3. The molecule has 2 aromatic heterocycles. The molecule has 0 unspecified atom stereocenters. The highest BCUT2D eigenvalue weighted by molar-refractivity contribution is 6.30. The average molecular weight is 351 g/mol. The molecule has 2 aromatic carbocycles. The van der Waals surface area contributed by atoms with Gasteiger partial charge in [0.05, 0.1) is 6.33 Å². The van der Waals surface area contributed by atoms with Crippen LogP contribution in [0.4, 0.5) is 17.5 Å². The first-order chi connectivity index (χ1) is 12.3. The topological polar surface area (TPSA) is 78.5 Å². The molecule has 4 rings (SSSR count). The number of imidazole rings is 1. The third kappa shape index (κ3) is 3.54. The van der Waals surface area contributed by atoms with E-state index < -0.39 is 0 Å². The predicted molar refractivity (Wildman–Crippen MR) is 100 cm³/mol. The van der Waals surface area contributed by atoms with E-state index in [1.807, 2.05) is 54.6 Å². The van der Waals surface area contributed by atoms with Crippen molar-refractivity contribution in [3.63, 3.8) is 0 Å². The molecule has 0 amide bonds. The number of H-pyrrole nitrogens is 1. The lowest BCUT2D eigenvalue weighted by molar-refractivity contribution is 1.07. The first kappa shape index (κ1) is 15.4. The fourth-order valence-electron chi connectivity index (χ4n) is 2.44. The number of aromatic amines is 1. The Morgan fingerprint density at radius 3 is 2.56 bits per heavy atom. The van der Waals surface area contributed by atoms with Crippen LogP contribution in [-0.2, 0) is 6.54 Å². The highest BCUT2D eigenvalue weighted by Gasteiger charge is 2.10. The summed E-state index contributed by atoms with van der Waals surface area (Å²) in [4.78, 5) is 16.3. The second-order valence-electron chi connectivity index (χ2n) is 5.47. The van der Waals surface area contributed by atoms with Crippen molar-refractivity contribution in [2.45, 2.75) is 6.54 Å². The fourth-order valence-corrected chi connectivity index (χ4v) is 2.57. The summed E-state index contributed by atoms with van der Waals surface area (Å²) in [6, 6.07) is 17.5. The highest BCUT2D eigenvalue weighted by atomic mass is 35.5. The van der Waals surface area contributed by atoms with Crippen molar-refractivity contribution in [1.82, 2.24) is 19.9 Å². The normalized spacial score (nSPS) is 10.8. The minimum atomic E-state index is 0.507. The number of nitrogens with one attached hydrogen (secondary N) is 3. The standard InChI is InChI=1S/C18H15ClN6/c19-13-8-6-12(7-9-13)10-20-18-24-16-15(21-11-22-16)17(25-18)23-14-4-2-1-3-5-14/h1-9,11H,10H2,(H3,20,21,22,23,24,25). The number of fused-ring (bicyclic) bond motifs is 1. The number of anilines is 3. The summed E-state index contributed by atoms with van der Waals surface area (Å²) in [5, 5.41) is 7.24. The van der Waals surface area contributed by atoms with Crippen LogP contribution >= 0.6 is 11.6 Å². The largest absolute Gasteiger partial charge is 0.350 e. The molecule has 0 saturated heterocycles. The number of aromatic nitrogens is 4. The van der Waals surface area contributed by atoms with Gasteiger partial charge in [-0.3, -0.25) is 0 Å². The monoisotopic (exact) mass is 350 g/mol. The highest BCUT2D eigenvalue weighted by Crippen LogP contribution is 2.23. The fraction of sp³-hybridized carbons (Fsp3) is 0.0556. The Balaban J connectivity index is 1.60. The van der Waals surface area contributed by atoms with Crippen LogP contribution in [0.5, 0.6) is 0 Å². The van der Waals surface area contributed by atoms with Crippen molar-refractivity contribution in [1.29, 1.82) is 0 Å². The van der Waals surface area contributed by atoms with Crippen LogP contribution in [0.3, 0.4) is 0 Å². The molecule has 6 nitrogen and oxygen atoms in total. The molecule has 0 radical (unpaired) electrons. The van der Waals surface area contributed by atoms with Crippen molar-refractivity contribution in [3.8, 4) is 0 Å². The van der Waals surface area contributed by atoms with Crippen LogP contribution < -0.4 is 10.6 Å². The zero-order valence-electron chi connectivity index (χ0n) is 13.2. The van der Waals surface area contributed by atoms with Crippen LogP contribution in [0.25, 0.3) is 11.2 Å². The van der Waals surface area contributed by atoms with Crippen molar-refractivity contribution >= 4 is 40.2 Å². The van der Waals surface area contributed by atoms with Gasteiger partial charge in [-0.15, -0.1) is 0 Å². The molecule has 3 N–H and O–H groups in total. The lowest BCUT2D eigenvalue weighted by Crippen LogP contribution is -2.06. The van der Waals surface area contributed by atoms with E-state index in [9.17, 15) is 0 Å². The summed E-state index contributed by atoms with van der Waals surface area (Å²) in [6.07, 6.45) is 1.61. The SMILES string of the molecule is Clc1ccc(CNc2nc(Nc3ccccc3)c3[nH]cnc3n2)cc1. The number of para-hydroxylation sites is 1. The molecule has 0 spiro atoms. The van der Waals surface area contributed by atoms with Gasteiger partial charge in [-0.2, -0.15) is 9.97 Å². The van der Waals surface area contributed by atoms with Crippen LogP contribution in [0, 0.1) is 0 Å². The van der Waals surface area contributed by atoms with Gasteiger partial charge in [0.2, 0.25) is 5.95 Å². The molecule has 25 heavy (non-hydrogen) atoms. The summed E-state index contributed by atoms with van der Waals surface area (Å²) in [7, 11) is 0. The Labute approximate surface area is 149 Å². The first-order valence-corrected chi connectivity index (χ1v) is 8.17. The number of rotatable bonds is 5. The Hall–Kier alpha value is -3.12. The van der Waals surface area contributed by atoms with Crippen molar-refractivity contribution in [3.05, 3.63) is 71.5 Å². The lowest BCUT2D eigenvalue weighted by Gasteiger charge is -2.09. The van der Waals surface area contributed by atoms with Gasteiger partial charge in [0, 0.05) is 17.3 Å². The third-order valence-corrected chi connectivity index (χ3v) is 3.94. The maximum Gasteiger partial charge on any atom is 0.227 e. The van der Waals surface area contributed by atoms with E-state index in [4.69, 9.17) is 11.6 Å². The molecule has 4 aromatic rings. The Bertz CT molecular complexity index is 982. The maximum absolute atomic E-state index is 5.91. The molecule has 7 heteroatoms. The van der Waals surface area contributed by atoms with Gasteiger partial charge in [0.25, 0.3) is 0 Å². The molecule has 2 heterocycles. The van der Waals surface area contributed by atoms with E-state index in [1.54, 1.807) is 6.33 Å². The minimum absolute atomic E-state index is 0.507. The third-order valence-electron chi connectivity index (χ3n) is 3.69. The lowest BCUT2D eigenvalue weighted by atomic mass is 10.2. The molecule has 0 bridgehead atoms. The van der Waals surface area contributed by atoms with Gasteiger partial charge in [0.15, 0.2) is 11.5 Å². The summed E-state index contributed by atoms with van der Waals surface area (Å²) in [5.74, 6) is 1.18. The van der Waals surface area contributed by atoms with Crippen LogP contribution in [0.15, 0.2) is 60.9 Å². The van der Waals surface area contributed by atoms with Crippen molar-refractivity contribution < 1.29 is 0 Å². The van der Waals surface area contributed by atoms with E-state index in [1.165, 1.54) is 0 Å². The molecule has 0 aliphatic rings. The number of benzene rings is 2. The Morgan fingerprint density at radius 2 is 1.76 bits per heavy atom. The zero-order chi connectivity index (χ0) is 17.1. The van der Waals surface area contributed by atoms with Crippen LogP contribution in [0.1, 0.15) is 5.56 Å². The summed E-state index contributed by atoms with van der Waals surface area (Å²) >= 11 is 5.91. The molecule has 0 aliphatic carbocycles. The predicted octanol–water partition coefficient (Wildman–Crippen LogP) is 4.36. The molecular weight excluding hydrogens is 336 g/mol. The van der Waals surface area contributed by atoms with E-state index in [-0.39, 0.29) is 0 Å². The summed E-state index contributed by atoms with van der Waals surface area (Å²) in [6.45, 7) is 0.595. The van der Waals surface area contributed by atoms with Crippen molar-refractivity contribution in [2.24, 2.45) is 0 Å². The first-order valence-electron chi connectivity index (χ1n) is 7.79. The molecular formula is C18H15ClN6. The zero-order valence-corrected chi connectivity index (χ0v) is 14.0. The van der Waals surface area contributed by atoms with Crippen LogP contribution in [0.2, 0.25) is 5.02 Å². The Kier molecular flexibility index (Phi) is 4.18. The number of hydrogen-bond acceptors (Lipinski definition) is 5. The van der Waals surface area contributed by atoms with Gasteiger partial charge < -0.3 is 15.6 Å². The average Bonchev–Trinajstić information content (AvgIpc) is 3.11. The Morgan fingerprint density at radius 1 is 0.960 bits per heavy atom. The van der Waals surface area contributed by atoms with E-state index in [2.05, 4.69) is 30.6 Å². The van der Waals surface area contributed by atoms with Gasteiger partial charge in [-0.05, 0) is 29.8 Å². The van der Waals surface area contributed by atoms with Gasteiger partial charge >= 0.3 is 0 Å². The number of nitrogens with zero attached hydrogens (tertiary/aromatic N) is 3. The second-order valence-corrected chi connectivity index (χ2v) is 5.90.